The quantitative estimate of drug-likeness (QED) is 0.621. The van der Waals surface area contributed by atoms with Gasteiger partial charge in [-0.2, -0.15) is 4.98 Å². The van der Waals surface area contributed by atoms with Crippen molar-refractivity contribution in [1.82, 2.24) is 19.5 Å². The van der Waals surface area contributed by atoms with Gasteiger partial charge in [0.2, 0.25) is 11.7 Å². The summed E-state index contributed by atoms with van der Waals surface area (Å²) in [4.78, 5) is 8.53. The standard InChI is InChI=1S/C11H10N4O/c1-7-5-15-6-9(3-4-10(15)12-7)11-13-8(2)16-14-11/h3-6H,1-2H3. The van der Waals surface area contributed by atoms with Crippen molar-refractivity contribution in [2.45, 2.75) is 13.8 Å². The first-order chi connectivity index (χ1) is 7.72. The Labute approximate surface area is 91.7 Å². The SMILES string of the molecule is Cc1cn2cc(-c3noc(C)n3)ccc2n1. The van der Waals surface area contributed by atoms with E-state index in [1.54, 1.807) is 6.92 Å². The molecule has 16 heavy (non-hydrogen) atoms. The Morgan fingerprint density at radius 3 is 2.75 bits per heavy atom. The van der Waals surface area contributed by atoms with Crippen LogP contribution in [0.5, 0.6) is 0 Å². The predicted molar refractivity (Wildman–Crippen MR) is 58.0 cm³/mol. The van der Waals surface area contributed by atoms with Gasteiger partial charge in [-0.1, -0.05) is 5.16 Å². The Kier molecular flexibility index (Phi) is 1.80. The summed E-state index contributed by atoms with van der Waals surface area (Å²) < 4.78 is 6.90. The minimum absolute atomic E-state index is 0.567. The highest BCUT2D eigenvalue weighted by Crippen LogP contribution is 2.16. The summed E-state index contributed by atoms with van der Waals surface area (Å²) >= 11 is 0. The second-order valence-electron chi connectivity index (χ2n) is 3.70. The highest BCUT2D eigenvalue weighted by Gasteiger charge is 2.06. The predicted octanol–water partition coefficient (Wildman–Crippen LogP) is 2.00. The molecule has 0 atom stereocenters. The van der Waals surface area contributed by atoms with Crippen LogP contribution >= 0.6 is 0 Å². The van der Waals surface area contributed by atoms with Crippen molar-refractivity contribution in [2.24, 2.45) is 0 Å². The summed E-state index contributed by atoms with van der Waals surface area (Å²) in [5.41, 5.74) is 2.82. The highest BCUT2D eigenvalue weighted by atomic mass is 16.5. The molecule has 3 aromatic rings. The van der Waals surface area contributed by atoms with Crippen LogP contribution in [-0.4, -0.2) is 19.5 Å². The van der Waals surface area contributed by atoms with E-state index in [-0.39, 0.29) is 0 Å². The van der Waals surface area contributed by atoms with Gasteiger partial charge in [-0.15, -0.1) is 0 Å². The van der Waals surface area contributed by atoms with Crippen LogP contribution < -0.4 is 0 Å². The van der Waals surface area contributed by atoms with Crippen LogP contribution in [0.3, 0.4) is 0 Å². The van der Waals surface area contributed by atoms with Crippen molar-refractivity contribution in [2.75, 3.05) is 0 Å². The Hall–Kier alpha value is -2.17. The van der Waals surface area contributed by atoms with Gasteiger partial charge in [0.05, 0.1) is 5.69 Å². The molecule has 0 amide bonds. The van der Waals surface area contributed by atoms with E-state index < -0.39 is 0 Å². The van der Waals surface area contributed by atoms with Crippen LogP contribution in [0.1, 0.15) is 11.6 Å². The first kappa shape index (κ1) is 9.08. The normalized spacial score (nSPS) is 11.1. The number of imidazole rings is 1. The van der Waals surface area contributed by atoms with E-state index >= 15 is 0 Å². The molecule has 0 aliphatic heterocycles. The number of hydrogen-bond donors (Lipinski definition) is 0. The zero-order valence-corrected chi connectivity index (χ0v) is 9.01. The van der Waals surface area contributed by atoms with E-state index in [0.717, 1.165) is 16.9 Å². The van der Waals surface area contributed by atoms with E-state index in [4.69, 9.17) is 4.52 Å². The average Bonchev–Trinajstić information content (AvgIpc) is 2.81. The largest absolute Gasteiger partial charge is 0.339 e. The number of nitrogens with zero attached hydrogens (tertiary/aromatic N) is 4. The molecule has 80 valence electrons. The van der Waals surface area contributed by atoms with Crippen molar-refractivity contribution in [3.8, 4) is 11.4 Å². The fourth-order valence-electron chi connectivity index (χ4n) is 1.67. The molecule has 5 heteroatoms. The maximum Gasteiger partial charge on any atom is 0.223 e. The monoisotopic (exact) mass is 214 g/mol. The second-order valence-corrected chi connectivity index (χ2v) is 3.70. The van der Waals surface area contributed by atoms with Gasteiger partial charge in [0, 0.05) is 24.9 Å². The molecule has 3 aromatic heterocycles. The number of fused-ring (bicyclic) bond motifs is 1. The van der Waals surface area contributed by atoms with Crippen molar-refractivity contribution in [3.05, 3.63) is 36.1 Å². The van der Waals surface area contributed by atoms with Crippen LogP contribution in [0.2, 0.25) is 0 Å². The molecule has 0 fully saturated rings. The van der Waals surface area contributed by atoms with E-state index in [9.17, 15) is 0 Å². The van der Waals surface area contributed by atoms with E-state index in [1.807, 2.05) is 35.9 Å². The maximum atomic E-state index is 4.95. The Morgan fingerprint density at radius 2 is 2.00 bits per heavy atom. The van der Waals surface area contributed by atoms with Crippen molar-refractivity contribution >= 4 is 5.65 Å². The average molecular weight is 214 g/mol. The minimum Gasteiger partial charge on any atom is -0.339 e. The molecule has 0 saturated carbocycles. The number of pyridine rings is 1. The lowest BCUT2D eigenvalue weighted by atomic mass is 10.3. The lowest BCUT2D eigenvalue weighted by Crippen LogP contribution is -1.86. The Bertz CT molecular complexity index is 653. The molecule has 0 N–H and O–H groups in total. The first-order valence-corrected chi connectivity index (χ1v) is 4.98. The molecule has 0 aliphatic rings. The molecule has 3 rings (SSSR count). The summed E-state index contributed by atoms with van der Waals surface area (Å²) in [5.74, 6) is 1.17. The summed E-state index contributed by atoms with van der Waals surface area (Å²) in [5, 5.41) is 3.88. The molecular weight excluding hydrogens is 204 g/mol. The number of rotatable bonds is 1. The summed E-state index contributed by atoms with van der Waals surface area (Å²) in [6, 6.07) is 3.88. The Morgan fingerprint density at radius 1 is 1.12 bits per heavy atom. The molecule has 5 nitrogen and oxygen atoms in total. The molecule has 0 spiro atoms. The van der Waals surface area contributed by atoms with E-state index in [2.05, 4.69) is 15.1 Å². The highest BCUT2D eigenvalue weighted by molar-refractivity contribution is 5.57. The zero-order valence-electron chi connectivity index (χ0n) is 9.01. The summed E-state index contributed by atoms with van der Waals surface area (Å²) in [7, 11) is 0. The molecular formula is C11H10N4O. The number of hydrogen-bond acceptors (Lipinski definition) is 4. The van der Waals surface area contributed by atoms with Crippen LogP contribution in [0.25, 0.3) is 17.0 Å². The van der Waals surface area contributed by atoms with Crippen LogP contribution in [0, 0.1) is 13.8 Å². The third-order valence-electron chi connectivity index (χ3n) is 2.36. The second kappa shape index (κ2) is 3.16. The first-order valence-electron chi connectivity index (χ1n) is 4.98. The molecule has 0 saturated heterocycles. The van der Waals surface area contributed by atoms with Crippen molar-refractivity contribution in [1.29, 1.82) is 0 Å². The molecule has 0 radical (unpaired) electrons. The van der Waals surface area contributed by atoms with Gasteiger partial charge < -0.3 is 8.92 Å². The minimum atomic E-state index is 0.567. The van der Waals surface area contributed by atoms with Crippen molar-refractivity contribution < 1.29 is 4.52 Å². The number of aromatic nitrogens is 4. The van der Waals surface area contributed by atoms with Gasteiger partial charge >= 0.3 is 0 Å². The van der Waals surface area contributed by atoms with E-state index in [1.165, 1.54) is 0 Å². The van der Waals surface area contributed by atoms with Gasteiger partial charge in [-0.05, 0) is 19.1 Å². The lowest BCUT2D eigenvalue weighted by molar-refractivity contribution is 0.394. The van der Waals surface area contributed by atoms with Gasteiger partial charge in [0.1, 0.15) is 5.65 Å². The number of aryl methyl sites for hydroxylation is 2. The molecule has 0 bridgehead atoms. The van der Waals surface area contributed by atoms with Crippen LogP contribution in [-0.2, 0) is 0 Å². The molecule has 0 aromatic carbocycles. The van der Waals surface area contributed by atoms with Gasteiger partial charge in [-0.3, -0.25) is 0 Å². The molecule has 0 aliphatic carbocycles. The molecule has 0 unspecified atom stereocenters. The van der Waals surface area contributed by atoms with Crippen LogP contribution in [0.4, 0.5) is 0 Å². The van der Waals surface area contributed by atoms with Gasteiger partial charge in [-0.25, -0.2) is 4.98 Å². The molecule has 3 heterocycles. The van der Waals surface area contributed by atoms with Gasteiger partial charge in [0.15, 0.2) is 0 Å². The summed E-state index contributed by atoms with van der Waals surface area (Å²) in [6.07, 6.45) is 3.91. The maximum absolute atomic E-state index is 4.95. The zero-order chi connectivity index (χ0) is 11.1. The van der Waals surface area contributed by atoms with Gasteiger partial charge in [0.25, 0.3) is 0 Å². The lowest BCUT2D eigenvalue weighted by Gasteiger charge is -1.96. The smallest absolute Gasteiger partial charge is 0.223 e. The third kappa shape index (κ3) is 1.37. The summed E-state index contributed by atoms with van der Waals surface area (Å²) in [6.45, 7) is 3.74. The van der Waals surface area contributed by atoms with Crippen molar-refractivity contribution in [3.63, 3.8) is 0 Å². The fraction of sp³-hybridized carbons (Fsp3) is 0.182. The third-order valence-corrected chi connectivity index (χ3v) is 2.36. The fourth-order valence-corrected chi connectivity index (χ4v) is 1.67. The van der Waals surface area contributed by atoms with E-state index in [0.29, 0.717) is 11.7 Å². The van der Waals surface area contributed by atoms with Crippen LogP contribution in [0.15, 0.2) is 29.0 Å². The Balaban J connectivity index is 2.17. The topological polar surface area (TPSA) is 56.2 Å².